The van der Waals surface area contributed by atoms with Gasteiger partial charge in [-0.1, -0.05) is 12.1 Å². The lowest BCUT2D eigenvalue weighted by Gasteiger charge is -2.14. The average molecular weight is 280 g/mol. The third-order valence-electron chi connectivity index (χ3n) is 2.88. The molecule has 0 unspecified atom stereocenters. The quantitative estimate of drug-likeness (QED) is 0.702. The molecule has 0 atom stereocenters. The van der Waals surface area contributed by atoms with Crippen molar-refractivity contribution in [3.63, 3.8) is 0 Å². The Morgan fingerprint density at radius 3 is 2.45 bits per heavy atom. The van der Waals surface area contributed by atoms with Crippen LogP contribution in [0.3, 0.4) is 0 Å². The van der Waals surface area contributed by atoms with E-state index in [9.17, 15) is 4.79 Å². The Bertz CT molecular complexity index is 424. The molecular weight excluding hydrogens is 256 g/mol. The zero-order valence-corrected chi connectivity index (χ0v) is 12.7. The maximum atomic E-state index is 11.6. The smallest absolute Gasteiger partial charge is 0.258 e. The maximum absolute atomic E-state index is 11.6. The lowest BCUT2D eigenvalue weighted by molar-refractivity contribution is -0.123. The molecule has 0 bridgehead atoms. The minimum absolute atomic E-state index is 0.0246. The summed E-state index contributed by atoms with van der Waals surface area (Å²) in [6.45, 7) is 5.82. The van der Waals surface area contributed by atoms with Crippen molar-refractivity contribution in [2.24, 2.45) is 0 Å². The van der Waals surface area contributed by atoms with Crippen LogP contribution in [0.25, 0.3) is 0 Å². The highest BCUT2D eigenvalue weighted by molar-refractivity contribution is 5.77. The van der Waals surface area contributed by atoms with E-state index in [1.54, 1.807) is 7.11 Å². The van der Waals surface area contributed by atoms with Crippen LogP contribution in [-0.2, 0) is 16.1 Å². The topological polar surface area (TPSA) is 59.6 Å². The largest absolute Gasteiger partial charge is 0.483 e. The van der Waals surface area contributed by atoms with E-state index >= 15 is 0 Å². The van der Waals surface area contributed by atoms with Crippen molar-refractivity contribution in [3.8, 4) is 5.75 Å². The Morgan fingerprint density at radius 2 is 1.90 bits per heavy atom. The van der Waals surface area contributed by atoms with E-state index in [0.29, 0.717) is 13.2 Å². The van der Waals surface area contributed by atoms with Crippen molar-refractivity contribution in [1.82, 2.24) is 10.6 Å². The van der Waals surface area contributed by atoms with Crippen LogP contribution in [0.1, 0.15) is 16.7 Å². The molecule has 0 fully saturated rings. The predicted molar refractivity (Wildman–Crippen MR) is 79.1 cm³/mol. The van der Waals surface area contributed by atoms with Crippen molar-refractivity contribution in [1.29, 1.82) is 0 Å². The van der Waals surface area contributed by atoms with Gasteiger partial charge in [-0.15, -0.1) is 0 Å². The van der Waals surface area contributed by atoms with Gasteiger partial charge in [0, 0.05) is 20.2 Å². The second-order valence-corrected chi connectivity index (χ2v) is 4.72. The van der Waals surface area contributed by atoms with E-state index in [2.05, 4.69) is 22.8 Å². The summed E-state index contributed by atoms with van der Waals surface area (Å²) in [5.74, 6) is 0.645. The predicted octanol–water partition coefficient (Wildman–Crippen LogP) is 1.16. The maximum Gasteiger partial charge on any atom is 0.258 e. The second kappa shape index (κ2) is 8.55. The molecule has 20 heavy (non-hydrogen) atoms. The van der Waals surface area contributed by atoms with Gasteiger partial charge >= 0.3 is 0 Å². The standard InChI is InChI=1S/C15H24N2O3/c1-11-7-13(9-16-3)8-12(2)15(11)20-10-14(18)17-5-6-19-4/h7-8,16H,5-6,9-10H2,1-4H3,(H,17,18). The minimum atomic E-state index is -0.139. The fourth-order valence-corrected chi connectivity index (χ4v) is 2.06. The summed E-state index contributed by atoms with van der Waals surface area (Å²) in [4.78, 5) is 11.6. The van der Waals surface area contributed by atoms with Gasteiger partial charge < -0.3 is 20.1 Å². The molecule has 0 aromatic heterocycles. The van der Waals surface area contributed by atoms with Crippen LogP contribution in [-0.4, -0.2) is 39.8 Å². The number of methoxy groups -OCH3 is 1. The molecule has 5 nitrogen and oxygen atoms in total. The van der Waals surface area contributed by atoms with Gasteiger partial charge in [-0.3, -0.25) is 4.79 Å². The lowest BCUT2D eigenvalue weighted by atomic mass is 10.1. The monoisotopic (exact) mass is 280 g/mol. The van der Waals surface area contributed by atoms with E-state index in [4.69, 9.17) is 9.47 Å². The number of aryl methyl sites for hydroxylation is 2. The van der Waals surface area contributed by atoms with Gasteiger partial charge in [0.05, 0.1) is 6.61 Å². The summed E-state index contributed by atoms with van der Waals surface area (Å²) in [6, 6.07) is 4.14. The summed E-state index contributed by atoms with van der Waals surface area (Å²) in [7, 11) is 3.52. The molecule has 0 aliphatic carbocycles. The Hall–Kier alpha value is -1.59. The van der Waals surface area contributed by atoms with Crippen LogP contribution in [0, 0.1) is 13.8 Å². The number of rotatable bonds is 8. The number of carbonyl (C=O) groups is 1. The van der Waals surface area contributed by atoms with E-state index in [0.717, 1.165) is 23.4 Å². The molecule has 5 heteroatoms. The first-order valence-electron chi connectivity index (χ1n) is 6.71. The normalized spacial score (nSPS) is 10.4. The number of ether oxygens (including phenoxy) is 2. The van der Waals surface area contributed by atoms with Crippen molar-refractivity contribution in [3.05, 3.63) is 28.8 Å². The minimum Gasteiger partial charge on any atom is -0.483 e. The highest BCUT2D eigenvalue weighted by atomic mass is 16.5. The number of benzene rings is 1. The summed E-state index contributed by atoms with van der Waals surface area (Å²) in [6.07, 6.45) is 0. The van der Waals surface area contributed by atoms with Crippen LogP contribution in [0.15, 0.2) is 12.1 Å². The van der Waals surface area contributed by atoms with Crippen LogP contribution in [0.2, 0.25) is 0 Å². The van der Waals surface area contributed by atoms with Gasteiger partial charge in [-0.05, 0) is 37.6 Å². The molecule has 0 aliphatic heterocycles. The molecule has 0 heterocycles. The van der Waals surface area contributed by atoms with Gasteiger partial charge in [0.2, 0.25) is 0 Å². The highest BCUT2D eigenvalue weighted by Gasteiger charge is 2.08. The molecule has 0 radical (unpaired) electrons. The first-order valence-corrected chi connectivity index (χ1v) is 6.71. The number of amides is 1. The molecule has 0 spiro atoms. The van der Waals surface area contributed by atoms with E-state index in [1.807, 2.05) is 20.9 Å². The fraction of sp³-hybridized carbons (Fsp3) is 0.533. The van der Waals surface area contributed by atoms with Gasteiger partial charge in [-0.25, -0.2) is 0 Å². The second-order valence-electron chi connectivity index (χ2n) is 4.72. The summed E-state index contributed by atoms with van der Waals surface area (Å²) in [5.41, 5.74) is 3.29. The van der Waals surface area contributed by atoms with Crippen LogP contribution >= 0.6 is 0 Å². The van der Waals surface area contributed by atoms with Gasteiger partial charge in [0.25, 0.3) is 5.91 Å². The molecular formula is C15H24N2O3. The zero-order valence-electron chi connectivity index (χ0n) is 12.7. The molecule has 0 saturated carbocycles. The number of hydrogen-bond acceptors (Lipinski definition) is 4. The fourth-order valence-electron chi connectivity index (χ4n) is 2.06. The van der Waals surface area contributed by atoms with E-state index in [-0.39, 0.29) is 12.5 Å². The summed E-state index contributed by atoms with van der Waals surface area (Å²) >= 11 is 0. The van der Waals surface area contributed by atoms with Crippen LogP contribution in [0.4, 0.5) is 0 Å². The average Bonchev–Trinajstić information content (AvgIpc) is 2.38. The molecule has 0 aliphatic rings. The van der Waals surface area contributed by atoms with E-state index < -0.39 is 0 Å². The van der Waals surface area contributed by atoms with Gasteiger partial charge in [0.15, 0.2) is 6.61 Å². The van der Waals surface area contributed by atoms with Crippen molar-refractivity contribution in [2.45, 2.75) is 20.4 Å². The van der Waals surface area contributed by atoms with Gasteiger partial charge in [-0.2, -0.15) is 0 Å². The summed E-state index contributed by atoms with van der Waals surface area (Å²) < 4.78 is 10.5. The first-order chi connectivity index (χ1) is 9.58. The first kappa shape index (κ1) is 16.5. The molecule has 112 valence electrons. The highest BCUT2D eigenvalue weighted by Crippen LogP contribution is 2.24. The van der Waals surface area contributed by atoms with Crippen molar-refractivity contribution < 1.29 is 14.3 Å². The number of carbonyl (C=O) groups excluding carboxylic acids is 1. The van der Waals surface area contributed by atoms with Crippen LogP contribution in [0.5, 0.6) is 5.75 Å². The molecule has 2 N–H and O–H groups in total. The molecule has 1 amide bonds. The molecule has 1 aromatic carbocycles. The summed E-state index contributed by atoms with van der Waals surface area (Å²) in [5, 5.41) is 5.85. The number of hydrogen-bond donors (Lipinski definition) is 2. The molecule has 0 saturated heterocycles. The Labute approximate surface area is 120 Å². The van der Waals surface area contributed by atoms with Crippen molar-refractivity contribution in [2.75, 3.05) is 33.9 Å². The van der Waals surface area contributed by atoms with Crippen LogP contribution < -0.4 is 15.4 Å². The Morgan fingerprint density at radius 1 is 1.25 bits per heavy atom. The Balaban J connectivity index is 2.57. The molecule has 1 rings (SSSR count). The zero-order chi connectivity index (χ0) is 15.0. The third kappa shape index (κ3) is 5.19. The van der Waals surface area contributed by atoms with Crippen molar-refractivity contribution >= 4 is 5.91 Å². The lowest BCUT2D eigenvalue weighted by Crippen LogP contribution is -2.31. The Kier molecular flexibility index (Phi) is 7.04. The van der Waals surface area contributed by atoms with Gasteiger partial charge in [0.1, 0.15) is 5.75 Å². The number of nitrogens with one attached hydrogen (secondary N) is 2. The SMILES string of the molecule is CNCc1cc(C)c(OCC(=O)NCCOC)c(C)c1. The third-order valence-corrected chi connectivity index (χ3v) is 2.88. The van der Waals surface area contributed by atoms with E-state index in [1.165, 1.54) is 5.56 Å². The molecule has 1 aromatic rings.